The molecular formula is C17H20O4S. The van der Waals surface area contributed by atoms with Gasteiger partial charge >= 0.3 is 0 Å². The summed E-state index contributed by atoms with van der Waals surface area (Å²) in [6.45, 7) is 0.259. The van der Waals surface area contributed by atoms with Crippen LogP contribution in [0.4, 0.5) is 0 Å². The monoisotopic (exact) mass is 320 g/mol. The Morgan fingerprint density at radius 3 is 1.91 bits per heavy atom. The molecule has 0 spiro atoms. The molecule has 0 aromatic heterocycles. The number of thioether (sulfide) groups is 1. The molecule has 4 nitrogen and oxygen atoms in total. The zero-order chi connectivity index (χ0) is 15.8. The van der Waals surface area contributed by atoms with Gasteiger partial charge in [0.2, 0.25) is 0 Å². The van der Waals surface area contributed by atoms with Gasteiger partial charge in [-0.15, -0.1) is 11.8 Å². The maximum atomic E-state index is 9.98. The lowest BCUT2D eigenvalue weighted by Crippen LogP contribution is -2.20. The molecule has 1 atom stereocenters. The van der Waals surface area contributed by atoms with Gasteiger partial charge < -0.3 is 19.3 Å². The molecule has 2 aromatic rings. The van der Waals surface area contributed by atoms with Crippen LogP contribution in [0.25, 0.3) is 0 Å². The Hall–Kier alpha value is -1.85. The molecule has 2 rings (SSSR count). The van der Waals surface area contributed by atoms with Crippen molar-refractivity contribution in [1.29, 1.82) is 0 Å². The van der Waals surface area contributed by atoms with Gasteiger partial charge in [0.05, 0.1) is 20.3 Å². The van der Waals surface area contributed by atoms with Gasteiger partial charge in [-0.3, -0.25) is 0 Å². The van der Waals surface area contributed by atoms with Gasteiger partial charge in [0.25, 0.3) is 0 Å². The van der Waals surface area contributed by atoms with E-state index in [9.17, 15) is 5.11 Å². The largest absolute Gasteiger partial charge is 0.497 e. The van der Waals surface area contributed by atoms with Crippen LogP contribution in [0, 0.1) is 0 Å². The minimum Gasteiger partial charge on any atom is -0.497 e. The van der Waals surface area contributed by atoms with E-state index < -0.39 is 6.10 Å². The molecule has 1 N–H and O–H groups in total. The first-order chi connectivity index (χ1) is 10.7. The van der Waals surface area contributed by atoms with Gasteiger partial charge in [-0.05, 0) is 48.5 Å². The van der Waals surface area contributed by atoms with Gasteiger partial charge in [0, 0.05) is 10.6 Å². The maximum Gasteiger partial charge on any atom is 0.119 e. The molecule has 0 heterocycles. The predicted octanol–water partition coefficient (Wildman–Crippen LogP) is 3.24. The van der Waals surface area contributed by atoms with E-state index in [2.05, 4.69) is 0 Å². The van der Waals surface area contributed by atoms with E-state index in [0.29, 0.717) is 11.5 Å². The zero-order valence-corrected chi connectivity index (χ0v) is 13.5. The second-order valence-corrected chi connectivity index (χ2v) is 5.72. The van der Waals surface area contributed by atoms with E-state index in [1.54, 1.807) is 26.0 Å². The molecule has 0 bridgehead atoms. The van der Waals surface area contributed by atoms with Crippen LogP contribution in [-0.2, 0) is 0 Å². The molecule has 1 unspecified atom stereocenters. The highest BCUT2D eigenvalue weighted by atomic mass is 32.2. The number of rotatable bonds is 8. The summed E-state index contributed by atoms with van der Waals surface area (Å²) in [7, 11) is 3.26. The fourth-order valence-corrected chi connectivity index (χ4v) is 2.59. The van der Waals surface area contributed by atoms with Gasteiger partial charge in [-0.1, -0.05) is 0 Å². The molecule has 0 amide bonds. The van der Waals surface area contributed by atoms with Gasteiger partial charge in [-0.2, -0.15) is 0 Å². The molecule has 2 aromatic carbocycles. The molecule has 0 aliphatic heterocycles. The Morgan fingerprint density at radius 1 is 0.864 bits per heavy atom. The van der Waals surface area contributed by atoms with Crippen LogP contribution >= 0.6 is 11.8 Å². The second-order valence-electron chi connectivity index (χ2n) is 4.63. The third-order valence-corrected chi connectivity index (χ3v) is 4.16. The van der Waals surface area contributed by atoms with Crippen molar-refractivity contribution in [2.45, 2.75) is 11.0 Å². The Kier molecular flexibility index (Phi) is 6.43. The SMILES string of the molecule is COc1ccc(OCC(O)CSc2ccc(OC)cc2)cc1. The average Bonchev–Trinajstić information content (AvgIpc) is 2.59. The van der Waals surface area contributed by atoms with Crippen LogP contribution in [-0.4, -0.2) is 37.8 Å². The third-order valence-electron chi connectivity index (χ3n) is 3.00. The number of aliphatic hydroxyl groups is 1. The van der Waals surface area contributed by atoms with Crippen molar-refractivity contribution >= 4 is 11.8 Å². The number of aliphatic hydroxyl groups excluding tert-OH is 1. The van der Waals surface area contributed by atoms with E-state index in [-0.39, 0.29) is 6.61 Å². The van der Waals surface area contributed by atoms with Crippen LogP contribution in [0.1, 0.15) is 0 Å². The lowest BCUT2D eigenvalue weighted by atomic mass is 10.3. The Labute approximate surface area is 135 Å². The lowest BCUT2D eigenvalue weighted by molar-refractivity contribution is 0.126. The number of hydrogen-bond acceptors (Lipinski definition) is 5. The lowest BCUT2D eigenvalue weighted by Gasteiger charge is -2.12. The first kappa shape index (κ1) is 16.5. The molecule has 0 aliphatic rings. The summed E-state index contributed by atoms with van der Waals surface area (Å²) >= 11 is 1.58. The highest BCUT2D eigenvalue weighted by molar-refractivity contribution is 7.99. The number of methoxy groups -OCH3 is 2. The standard InChI is InChI=1S/C17H20O4S/c1-19-14-3-5-16(6-4-14)21-11-13(18)12-22-17-9-7-15(20-2)8-10-17/h3-10,13,18H,11-12H2,1-2H3. The van der Waals surface area contributed by atoms with Gasteiger partial charge in [-0.25, -0.2) is 0 Å². The summed E-state index contributed by atoms with van der Waals surface area (Å²) in [5, 5.41) is 9.98. The smallest absolute Gasteiger partial charge is 0.119 e. The van der Waals surface area contributed by atoms with Crippen molar-refractivity contribution in [3.8, 4) is 17.2 Å². The Morgan fingerprint density at radius 2 is 1.36 bits per heavy atom. The summed E-state index contributed by atoms with van der Waals surface area (Å²) in [5.74, 6) is 2.90. The van der Waals surface area contributed by atoms with E-state index in [0.717, 1.165) is 16.4 Å². The zero-order valence-electron chi connectivity index (χ0n) is 12.7. The topological polar surface area (TPSA) is 47.9 Å². The second kappa shape index (κ2) is 8.56. The van der Waals surface area contributed by atoms with Gasteiger partial charge in [0.15, 0.2) is 0 Å². The Balaban J connectivity index is 1.73. The van der Waals surface area contributed by atoms with E-state index in [1.807, 2.05) is 48.5 Å². The molecular weight excluding hydrogens is 300 g/mol. The van der Waals surface area contributed by atoms with Crippen LogP contribution < -0.4 is 14.2 Å². The van der Waals surface area contributed by atoms with Crippen LogP contribution in [0.5, 0.6) is 17.2 Å². The number of ether oxygens (including phenoxy) is 3. The number of hydrogen-bond donors (Lipinski definition) is 1. The van der Waals surface area contributed by atoms with E-state index in [1.165, 1.54) is 0 Å². The summed E-state index contributed by atoms with van der Waals surface area (Å²) in [5.41, 5.74) is 0. The third kappa shape index (κ3) is 5.16. The molecule has 22 heavy (non-hydrogen) atoms. The van der Waals surface area contributed by atoms with E-state index in [4.69, 9.17) is 14.2 Å². The fourth-order valence-electron chi connectivity index (χ4n) is 1.78. The van der Waals surface area contributed by atoms with E-state index >= 15 is 0 Å². The minimum absolute atomic E-state index is 0.259. The van der Waals surface area contributed by atoms with Gasteiger partial charge in [0.1, 0.15) is 23.9 Å². The van der Waals surface area contributed by atoms with Crippen molar-refractivity contribution in [2.75, 3.05) is 26.6 Å². The molecule has 0 saturated heterocycles. The van der Waals surface area contributed by atoms with Crippen molar-refractivity contribution in [3.05, 3.63) is 48.5 Å². The molecule has 0 radical (unpaired) electrons. The molecule has 5 heteroatoms. The first-order valence-corrected chi connectivity index (χ1v) is 7.91. The number of benzene rings is 2. The van der Waals surface area contributed by atoms with Crippen molar-refractivity contribution < 1.29 is 19.3 Å². The van der Waals surface area contributed by atoms with Crippen LogP contribution in [0.2, 0.25) is 0 Å². The quantitative estimate of drug-likeness (QED) is 0.757. The molecule has 0 fully saturated rings. The minimum atomic E-state index is -0.533. The van der Waals surface area contributed by atoms with Crippen molar-refractivity contribution in [1.82, 2.24) is 0 Å². The molecule has 0 saturated carbocycles. The summed E-state index contributed by atoms with van der Waals surface area (Å²) < 4.78 is 15.7. The molecule has 118 valence electrons. The predicted molar refractivity (Wildman–Crippen MR) is 88.2 cm³/mol. The highest BCUT2D eigenvalue weighted by Gasteiger charge is 2.07. The fraction of sp³-hybridized carbons (Fsp3) is 0.294. The van der Waals surface area contributed by atoms with Crippen molar-refractivity contribution in [3.63, 3.8) is 0 Å². The Bertz CT molecular complexity index is 502. The average molecular weight is 320 g/mol. The summed E-state index contributed by atoms with van der Waals surface area (Å²) in [4.78, 5) is 1.09. The molecule has 0 aliphatic carbocycles. The highest BCUT2D eigenvalue weighted by Crippen LogP contribution is 2.22. The normalized spacial score (nSPS) is 11.8. The maximum absolute atomic E-state index is 9.98. The van der Waals surface area contributed by atoms with Crippen molar-refractivity contribution in [2.24, 2.45) is 0 Å². The van der Waals surface area contributed by atoms with Crippen LogP contribution in [0.15, 0.2) is 53.4 Å². The van der Waals surface area contributed by atoms with Crippen LogP contribution in [0.3, 0.4) is 0 Å². The summed E-state index contributed by atoms with van der Waals surface area (Å²) in [6.07, 6.45) is -0.533. The first-order valence-electron chi connectivity index (χ1n) is 6.93. The summed E-state index contributed by atoms with van der Waals surface area (Å²) in [6, 6.07) is 15.1.